The Morgan fingerprint density at radius 3 is 2.74 bits per heavy atom. The predicted octanol–water partition coefficient (Wildman–Crippen LogP) is 6.01. The van der Waals surface area contributed by atoms with Gasteiger partial charge in [-0.05, 0) is 67.5 Å². The van der Waals surface area contributed by atoms with Crippen molar-refractivity contribution in [3.05, 3.63) is 60.0 Å². The van der Waals surface area contributed by atoms with Crippen LogP contribution >= 0.6 is 22.6 Å². The third-order valence-electron chi connectivity index (χ3n) is 7.11. The van der Waals surface area contributed by atoms with Gasteiger partial charge in [0.25, 0.3) is 0 Å². The zero-order valence-corrected chi connectivity index (χ0v) is 22.2. The Balaban J connectivity index is 1.57. The summed E-state index contributed by atoms with van der Waals surface area (Å²) in [5, 5.41) is 8.30. The second-order valence-electron chi connectivity index (χ2n) is 9.67. The molecule has 5 rings (SSSR count). The molecule has 1 aromatic carbocycles. The van der Waals surface area contributed by atoms with Gasteiger partial charge >= 0.3 is 0 Å². The number of carbonyl (C=O) groups excluding carboxylic acids is 1. The second kappa shape index (κ2) is 9.68. The van der Waals surface area contributed by atoms with Crippen LogP contribution in [0, 0.1) is 18.8 Å². The van der Waals surface area contributed by atoms with Gasteiger partial charge in [-0.15, -0.1) is 0 Å². The Bertz CT molecular complexity index is 1190. The number of benzene rings is 1. The molecule has 3 heterocycles. The highest BCUT2D eigenvalue weighted by Gasteiger charge is 2.47. The summed E-state index contributed by atoms with van der Waals surface area (Å²) in [6, 6.07) is 12.9. The lowest BCUT2D eigenvalue weighted by atomic mass is 9.79. The number of nitrogens with zero attached hydrogens (tertiary/aromatic N) is 4. The van der Waals surface area contributed by atoms with E-state index in [-0.39, 0.29) is 23.9 Å². The number of aryl methyl sites for hydroxylation is 2. The first-order chi connectivity index (χ1) is 16.5. The van der Waals surface area contributed by atoms with Crippen molar-refractivity contribution in [2.75, 3.05) is 14.6 Å². The summed E-state index contributed by atoms with van der Waals surface area (Å²) in [6.07, 6.45) is 7.56. The lowest BCUT2D eigenvalue weighted by Gasteiger charge is -2.46. The fourth-order valence-corrected chi connectivity index (χ4v) is 5.73. The van der Waals surface area contributed by atoms with E-state index in [1.807, 2.05) is 36.0 Å². The number of pyridine rings is 1. The van der Waals surface area contributed by atoms with Crippen LogP contribution in [0.15, 0.2) is 48.8 Å². The highest BCUT2D eigenvalue weighted by atomic mass is 127. The van der Waals surface area contributed by atoms with E-state index >= 15 is 0 Å². The number of aromatic nitrogens is 3. The zero-order chi connectivity index (χ0) is 23.8. The highest BCUT2D eigenvalue weighted by molar-refractivity contribution is 14.1. The van der Waals surface area contributed by atoms with Crippen LogP contribution in [0.3, 0.4) is 0 Å². The molecule has 3 atom stereocenters. The van der Waals surface area contributed by atoms with Crippen molar-refractivity contribution in [3.8, 4) is 11.1 Å². The van der Waals surface area contributed by atoms with E-state index in [4.69, 9.17) is 4.98 Å². The van der Waals surface area contributed by atoms with Crippen LogP contribution in [0.5, 0.6) is 0 Å². The van der Waals surface area contributed by atoms with Crippen molar-refractivity contribution in [2.45, 2.75) is 58.7 Å². The summed E-state index contributed by atoms with van der Waals surface area (Å²) in [5.41, 5.74) is 5.40. The molecule has 0 spiro atoms. The Labute approximate surface area is 215 Å². The Kier molecular flexibility index (Phi) is 6.64. The molecular weight excluding hydrogens is 537 g/mol. The minimum atomic E-state index is 0.0690. The highest BCUT2D eigenvalue weighted by Crippen LogP contribution is 2.50. The van der Waals surface area contributed by atoms with Crippen molar-refractivity contribution in [1.82, 2.24) is 14.8 Å². The van der Waals surface area contributed by atoms with Gasteiger partial charge in [-0.1, -0.05) is 41.6 Å². The van der Waals surface area contributed by atoms with Gasteiger partial charge < -0.3 is 10.2 Å². The largest absolute Gasteiger partial charge is 0.363 e. The maximum absolute atomic E-state index is 12.9. The van der Waals surface area contributed by atoms with E-state index in [1.165, 1.54) is 12.8 Å². The van der Waals surface area contributed by atoms with Gasteiger partial charge in [-0.2, -0.15) is 5.10 Å². The topological polar surface area (TPSA) is 63.1 Å². The molecule has 0 saturated heterocycles. The van der Waals surface area contributed by atoms with Crippen molar-refractivity contribution < 1.29 is 4.79 Å². The number of nitrogens with one attached hydrogen (secondary N) is 1. The molecule has 1 fully saturated rings. The molecule has 1 N–H and O–H groups in total. The molecule has 34 heavy (non-hydrogen) atoms. The van der Waals surface area contributed by atoms with E-state index < -0.39 is 0 Å². The van der Waals surface area contributed by atoms with Crippen LogP contribution in [0.25, 0.3) is 11.1 Å². The van der Waals surface area contributed by atoms with Gasteiger partial charge in [0, 0.05) is 53.0 Å². The van der Waals surface area contributed by atoms with E-state index in [9.17, 15) is 4.79 Å². The third kappa shape index (κ3) is 4.59. The maximum Gasteiger partial charge on any atom is 0.224 e. The molecule has 2 aromatic heterocycles. The fourth-order valence-electron chi connectivity index (χ4n) is 5.38. The molecule has 1 aliphatic heterocycles. The van der Waals surface area contributed by atoms with E-state index in [0.29, 0.717) is 5.92 Å². The average Bonchev–Trinajstić information content (AvgIpc) is 3.55. The van der Waals surface area contributed by atoms with Crippen molar-refractivity contribution in [1.29, 1.82) is 0 Å². The van der Waals surface area contributed by atoms with Crippen molar-refractivity contribution >= 4 is 40.0 Å². The van der Waals surface area contributed by atoms with E-state index in [1.54, 1.807) is 6.92 Å². The summed E-state index contributed by atoms with van der Waals surface area (Å²) in [6.45, 7) is 6.92. The number of fused-ring (bicyclic) bond motifs is 1. The van der Waals surface area contributed by atoms with Gasteiger partial charge in [0.15, 0.2) is 0 Å². The van der Waals surface area contributed by atoms with E-state index in [0.717, 1.165) is 51.3 Å². The molecule has 0 radical (unpaired) electrons. The zero-order valence-electron chi connectivity index (χ0n) is 20.0. The van der Waals surface area contributed by atoms with Crippen LogP contribution in [-0.4, -0.2) is 31.1 Å². The van der Waals surface area contributed by atoms with Gasteiger partial charge in [-0.25, -0.2) is 4.98 Å². The lowest BCUT2D eigenvalue weighted by Crippen LogP contribution is -2.51. The molecule has 6 nitrogen and oxygen atoms in total. The number of halogens is 1. The number of hydrogen-bond acceptors (Lipinski definition) is 4. The smallest absolute Gasteiger partial charge is 0.224 e. The summed E-state index contributed by atoms with van der Waals surface area (Å²) in [7, 11) is 0. The number of rotatable bonds is 7. The fraction of sp³-hybridized carbons (Fsp3) is 0.444. The molecule has 1 saturated carbocycles. The lowest BCUT2D eigenvalue weighted by molar-refractivity contribution is -0.117. The molecule has 2 aliphatic rings. The Morgan fingerprint density at radius 2 is 2.03 bits per heavy atom. The Morgan fingerprint density at radius 1 is 1.21 bits per heavy atom. The number of alkyl halides is 1. The SMILES string of the molecule is CC(=O)N1c2ccc(-c3cnn(CCCI)c3)cc2[C@H](Nc2cccc(C)n2)[C@@H](C)[C@@H]1C1CC1. The maximum atomic E-state index is 12.9. The minimum Gasteiger partial charge on any atom is -0.363 e. The normalized spacial score (nSPS) is 21.9. The number of anilines is 2. The molecule has 178 valence electrons. The van der Waals surface area contributed by atoms with Gasteiger partial charge in [0.1, 0.15) is 5.82 Å². The van der Waals surface area contributed by atoms with Crippen LogP contribution in [-0.2, 0) is 11.3 Å². The third-order valence-corrected chi connectivity index (χ3v) is 7.87. The minimum absolute atomic E-state index is 0.0690. The van der Waals surface area contributed by atoms with Gasteiger partial charge in [-0.3, -0.25) is 9.48 Å². The molecule has 3 aromatic rings. The second-order valence-corrected chi connectivity index (χ2v) is 10.7. The summed E-state index contributed by atoms with van der Waals surface area (Å²) in [4.78, 5) is 19.7. The number of amides is 1. The first kappa shape index (κ1) is 23.3. The number of hydrogen-bond donors (Lipinski definition) is 1. The number of carbonyl (C=O) groups is 1. The predicted molar refractivity (Wildman–Crippen MR) is 145 cm³/mol. The van der Waals surface area contributed by atoms with Gasteiger partial charge in [0.2, 0.25) is 5.91 Å². The quantitative estimate of drug-likeness (QED) is 0.280. The molecule has 0 bridgehead atoms. The van der Waals surface area contributed by atoms with Crippen LogP contribution in [0.2, 0.25) is 0 Å². The van der Waals surface area contributed by atoms with Crippen LogP contribution in [0.4, 0.5) is 11.5 Å². The summed E-state index contributed by atoms with van der Waals surface area (Å²) < 4.78 is 3.14. The first-order valence-electron chi connectivity index (χ1n) is 12.2. The molecular formula is C27H32IN5O. The summed E-state index contributed by atoms with van der Waals surface area (Å²) in [5.74, 6) is 1.83. The average molecular weight is 569 g/mol. The monoisotopic (exact) mass is 569 g/mol. The first-order valence-corrected chi connectivity index (χ1v) is 13.7. The van der Waals surface area contributed by atoms with Crippen LogP contribution in [0.1, 0.15) is 50.4 Å². The molecule has 7 heteroatoms. The molecule has 1 amide bonds. The van der Waals surface area contributed by atoms with Crippen molar-refractivity contribution in [2.24, 2.45) is 11.8 Å². The van der Waals surface area contributed by atoms with Gasteiger partial charge in [0.05, 0.1) is 12.2 Å². The van der Waals surface area contributed by atoms with Crippen molar-refractivity contribution in [3.63, 3.8) is 0 Å². The van der Waals surface area contributed by atoms with Crippen LogP contribution < -0.4 is 10.2 Å². The summed E-state index contributed by atoms with van der Waals surface area (Å²) >= 11 is 2.40. The van der Waals surface area contributed by atoms with E-state index in [2.05, 4.69) is 69.2 Å². The molecule has 1 aliphatic carbocycles. The Hall–Kier alpha value is -2.42. The standard InChI is InChI=1S/C27H32IN5O/c1-17-6-4-7-25(30-17)31-26-18(2)27(20-8-9-20)33(19(3)34)24-11-10-21(14-23(24)26)22-15-29-32(16-22)13-5-12-28/h4,6-7,10-11,14-16,18,20,26-27H,5,8-9,12-13H2,1-3H3,(H,30,31)/t18-,26-,27-/m1/s1. The molecule has 0 unspecified atom stereocenters.